The molecule has 5 nitrogen and oxygen atoms in total. The van der Waals surface area contributed by atoms with Crippen LogP contribution in [-0.2, 0) is 4.79 Å². The SMILES string of the molecule is NN(C(=O)CN1CCCC1)C(=O)c1ccccc1. The van der Waals surface area contributed by atoms with E-state index < -0.39 is 5.91 Å². The van der Waals surface area contributed by atoms with Crippen molar-refractivity contribution in [3.8, 4) is 0 Å². The quantitative estimate of drug-likeness (QED) is 0.483. The van der Waals surface area contributed by atoms with Gasteiger partial charge in [0, 0.05) is 5.56 Å². The lowest BCUT2D eigenvalue weighted by molar-refractivity contribution is -0.129. The van der Waals surface area contributed by atoms with Gasteiger partial charge >= 0.3 is 0 Å². The van der Waals surface area contributed by atoms with Crippen LogP contribution in [0.25, 0.3) is 0 Å². The molecule has 1 aromatic carbocycles. The molecule has 0 aliphatic carbocycles. The minimum Gasteiger partial charge on any atom is -0.294 e. The molecular weight excluding hydrogens is 230 g/mol. The van der Waals surface area contributed by atoms with Crippen molar-refractivity contribution in [2.24, 2.45) is 5.84 Å². The summed E-state index contributed by atoms with van der Waals surface area (Å²) in [6.45, 7) is 2.02. The topological polar surface area (TPSA) is 66.6 Å². The van der Waals surface area contributed by atoms with Crippen LogP contribution >= 0.6 is 0 Å². The second-order valence-corrected chi connectivity index (χ2v) is 4.42. The van der Waals surface area contributed by atoms with Gasteiger partial charge in [-0.3, -0.25) is 14.5 Å². The van der Waals surface area contributed by atoms with Gasteiger partial charge in [0.15, 0.2) is 0 Å². The third kappa shape index (κ3) is 2.94. The highest BCUT2D eigenvalue weighted by Gasteiger charge is 2.22. The summed E-state index contributed by atoms with van der Waals surface area (Å²) < 4.78 is 0. The zero-order valence-electron chi connectivity index (χ0n) is 10.2. The smallest absolute Gasteiger partial charge is 0.274 e. The van der Waals surface area contributed by atoms with E-state index in [9.17, 15) is 9.59 Å². The molecule has 2 rings (SSSR count). The maximum atomic E-state index is 11.9. The van der Waals surface area contributed by atoms with Crippen molar-refractivity contribution in [3.63, 3.8) is 0 Å². The Kier molecular flexibility index (Phi) is 4.07. The monoisotopic (exact) mass is 247 g/mol. The Morgan fingerprint density at radius 1 is 1.17 bits per heavy atom. The summed E-state index contributed by atoms with van der Waals surface area (Å²) in [7, 11) is 0. The zero-order valence-corrected chi connectivity index (χ0v) is 10.2. The summed E-state index contributed by atoms with van der Waals surface area (Å²) in [5, 5.41) is 0.716. The summed E-state index contributed by atoms with van der Waals surface area (Å²) in [6.07, 6.45) is 2.20. The number of nitrogens with two attached hydrogens (primary N) is 1. The number of hydrogen-bond acceptors (Lipinski definition) is 4. The van der Waals surface area contributed by atoms with Crippen molar-refractivity contribution in [2.75, 3.05) is 19.6 Å². The van der Waals surface area contributed by atoms with Crippen LogP contribution < -0.4 is 5.84 Å². The lowest BCUT2D eigenvalue weighted by Crippen LogP contribution is -2.47. The Morgan fingerprint density at radius 2 is 1.78 bits per heavy atom. The molecule has 0 radical (unpaired) electrons. The van der Waals surface area contributed by atoms with Gasteiger partial charge in [-0.1, -0.05) is 18.2 Å². The van der Waals surface area contributed by atoms with E-state index in [1.807, 2.05) is 11.0 Å². The number of nitrogens with zero attached hydrogens (tertiary/aromatic N) is 2. The number of hydrazine groups is 1. The highest BCUT2D eigenvalue weighted by atomic mass is 16.2. The summed E-state index contributed by atoms with van der Waals surface area (Å²) in [5.74, 6) is 4.76. The Hall–Kier alpha value is -1.72. The molecule has 0 spiro atoms. The summed E-state index contributed by atoms with van der Waals surface area (Å²) in [4.78, 5) is 25.8. The molecule has 0 aromatic heterocycles. The standard InChI is InChI=1S/C13H17N3O2/c14-16(12(17)10-15-8-4-5-9-15)13(18)11-6-2-1-3-7-11/h1-3,6-7H,4-5,8-10,14H2. The average molecular weight is 247 g/mol. The van der Waals surface area contributed by atoms with Gasteiger partial charge in [-0.05, 0) is 38.1 Å². The number of likely N-dealkylation sites (tertiary alicyclic amines) is 1. The molecule has 0 atom stereocenters. The fraction of sp³-hybridized carbons (Fsp3) is 0.385. The van der Waals surface area contributed by atoms with E-state index in [1.165, 1.54) is 0 Å². The van der Waals surface area contributed by atoms with E-state index in [4.69, 9.17) is 5.84 Å². The molecule has 0 bridgehead atoms. The fourth-order valence-corrected chi connectivity index (χ4v) is 2.04. The largest absolute Gasteiger partial charge is 0.294 e. The van der Waals surface area contributed by atoms with Crippen LogP contribution in [0.2, 0.25) is 0 Å². The van der Waals surface area contributed by atoms with Crippen LogP contribution in [0.4, 0.5) is 0 Å². The van der Waals surface area contributed by atoms with Crippen LogP contribution in [0.1, 0.15) is 23.2 Å². The minimum atomic E-state index is -0.459. The van der Waals surface area contributed by atoms with Crippen molar-refractivity contribution >= 4 is 11.8 Å². The van der Waals surface area contributed by atoms with Gasteiger partial charge in [0.2, 0.25) is 0 Å². The zero-order chi connectivity index (χ0) is 13.0. The molecule has 2 amide bonds. The first-order valence-electron chi connectivity index (χ1n) is 6.08. The second-order valence-electron chi connectivity index (χ2n) is 4.42. The number of imide groups is 1. The van der Waals surface area contributed by atoms with E-state index >= 15 is 0 Å². The van der Waals surface area contributed by atoms with Crippen molar-refractivity contribution in [3.05, 3.63) is 35.9 Å². The van der Waals surface area contributed by atoms with Gasteiger partial charge in [0.1, 0.15) is 0 Å². The van der Waals surface area contributed by atoms with E-state index in [2.05, 4.69) is 0 Å². The van der Waals surface area contributed by atoms with Gasteiger partial charge in [0.05, 0.1) is 6.54 Å². The molecular formula is C13H17N3O2. The normalized spacial score (nSPS) is 15.6. The van der Waals surface area contributed by atoms with Crippen molar-refractivity contribution in [1.82, 2.24) is 9.91 Å². The Labute approximate surface area is 106 Å². The minimum absolute atomic E-state index is 0.217. The molecule has 1 fully saturated rings. The van der Waals surface area contributed by atoms with E-state index in [-0.39, 0.29) is 12.5 Å². The highest BCUT2D eigenvalue weighted by Crippen LogP contribution is 2.08. The van der Waals surface area contributed by atoms with Gasteiger partial charge in [-0.15, -0.1) is 0 Å². The van der Waals surface area contributed by atoms with Gasteiger partial charge < -0.3 is 0 Å². The molecule has 18 heavy (non-hydrogen) atoms. The molecule has 1 saturated heterocycles. The van der Waals surface area contributed by atoms with Gasteiger partial charge in [0.25, 0.3) is 11.8 Å². The fourth-order valence-electron chi connectivity index (χ4n) is 2.04. The number of carbonyl (C=O) groups is 2. The molecule has 1 aromatic rings. The van der Waals surface area contributed by atoms with Crippen LogP contribution in [0.3, 0.4) is 0 Å². The van der Waals surface area contributed by atoms with Crippen LogP contribution in [0.5, 0.6) is 0 Å². The average Bonchev–Trinajstić information content (AvgIpc) is 2.91. The molecule has 5 heteroatoms. The highest BCUT2D eigenvalue weighted by molar-refractivity contribution is 6.04. The molecule has 2 N–H and O–H groups in total. The number of benzene rings is 1. The van der Waals surface area contributed by atoms with Crippen molar-refractivity contribution in [1.29, 1.82) is 0 Å². The second kappa shape index (κ2) is 5.75. The van der Waals surface area contributed by atoms with Gasteiger partial charge in [-0.25, -0.2) is 10.9 Å². The first-order valence-corrected chi connectivity index (χ1v) is 6.08. The Bertz CT molecular complexity index is 427. The van der Waals surface area contributed by atoms with Crippen LogP contribution in [0.15, 0.2) is 30.3 Å². The molecule has 0 unspecified atom stereocenters. The molecule has 0 saturated carbocycles. The molecule has 96 valence electrons. The predicted octanol–water partition coefficient (Wildman–Crippen LogP) is 0.625. The van der Waals surface area contributed by atoms with Crippen molar-refractivity contribution in [2.45, 2.75) is 12.8 Å². The van der Waals surface area contributed by atoms with E-state index in [0.29, 0.717) is 10.6 Å². The number of carbonyl (C=O) groups excluding carboxylic acids is 2. The Morgan fingerprint density at radius 3 is 2.39 bits per heavy atom. The third-order valence-electron chi connectivity index (χ3n) is 3.07. The van der Waals surface area contributed by atoms with Crippen molar-refractivity contribution < 1.29 is 9.59 Å². The first kappa shape index (κ1) is 12.7. The Balaban J connectivity index is 1.95. The number of hydrogen-bond donors (Lipinski definition) is 1. The maximum Gasteiger partial charge on any atom is 0.274 e. The first-order chi connectivity index (χ1) is 8.68. The van der Waals surface area contributed by atoms with Crippen LogP contribution in [-0.4, -0.2) is 41.4 Å². The predicted molar refractivity (Wildman–Crippen MR) is 67.5 cm³/mol. The van der Waals surface area contributed by atoms with Gasteiger partial charge in [-0.2, -0.15) is 0 Å². The molecule has 1 heterocycles. The van der Waals surface area contributed by atoms with Crippen LogP contribution in [0, 0.1) is 0 Å². The van der Waals surface area contributed by atoms with E-state index in [0.717, 1.165) is 25.9 Å². The third-order valence-corrected chi connectivity index (χ3v) is 3.07. The summed E-state index contributed by atoms with van der Waals surface area (Å²) in [5.41, 5.74) is 0.426. The lowest BCUT2D eigenvalue weighted by atomic mass is 10.2. The summed E-state index contributed by atoms with van der Waals surface area (Å²) >= 11 is 0. The summed E-state index contributed by atoms with van der Waals surface area (Å²) in [6, 6.07) is 8.58. The number of rotatable bonds is 3. The lowest BCUT2D eigenvalue weighted by Gasteiger charge is -2.19. The molecule has 1 aliphatic rings. The molecule has 1 aliphatic heterocycles. The maximum absolute atomic E-state index is 11.9. The van der Waals surface area contributed by atoms with E-state index in [1.54, 1.807) is 24.3 Å². The number of amides is 2.